The van der Waals surface area contributed by atoms with Crippen LogP contribution in [0.4, 0.5) is 0 Å². The lowest BCUT2D eigenvalue weighted by atomic mass is 10.1. The first-order valence-electron chi connectivity index (χ1n) is 4.09. The molecule has 62 valence electrons. The zero-order valence-electron chi connectivity index (χ0n) is 7.18. The summed E-state index contributed by atoms with van der Waals surface area (Å²) in [5, 5.41) is 3.33. The SMILES string of the molecule is CC#CCN[C@@H]1CCO[C@@H]1C. The molecule has 0 spiro atoms. The molecule has 0 bridgehead atoms. The molecular formula is C9H15NO. The molecule has 1 fully saturated rings. The zero-order valence-corrected chi connectivity index (χ0v) is 7.18. The Balaban J connectivity index is 2.18. The summed E-state index contributed by atoms with van der Waals surface area (Å²) in [5.41, 5.74) is 0. The first kappa shape index (κ1) is 8.58. The quantitative estimate of drug-likeness (QED) is 0.592. The Labute approximate surface area is 68.3 Å². The van der Waals surface area contributed by atoms with Crippen LogP contribution in [0.1, 0.15) is 20.3 Å². The topological polar surface area (TPSA) is 21.3 Å². The number of rotatable bonds is 2. The fraction of sp³-hybridized carbons (Fsp3) is 0.778. The predicted octanol–water partition coefficient (Wildman–Crippen LogP) is 0.777. The van der Waals surface area contributed by atoms with Gasteiger partial charge in [-0.25, -0.2) is 0 Å². The first-order chi connectivity index (χ1) is 5.34. The van der Waals surface area contributed by atoms with Crippen LogP contribution in [0.5, 0.6) is 0 Å². The van der Waals surface area contributed by atoms with E-state index in [1.165, 1.54) is 0 Å². The lowest BCUT2D eigenvalue weighted by Crippen LogP contribution is -2.34. The van der Waals surface area contributed by atoms with Gasteiger partial charge in [0.05, 0.1) is 12.6 Å². The second kappa shape index (κ2) is 4.38. The third-order valence-electron chi connectivity index (χ3n) is 2.01. The molecule has 0 saturated carbocycles. The van der Waals surface area contributed by atoms with Gasteiger partial charge >= 0.3 is 0 Å². The lowest BCUT2D eigenvalue weighted by molar-refractivity contribution is 0.114. The number of hydrogen-bond donors (Lipinski definition) is 1. The molecule has 0 unspecified atom stereocenters. The fourth-order valence-corrected chi connectivity index (χ4v) is 1.27. The van der Waals surface area contributed by atoms with Gasteiger partial charge in [-0.1, -0.05) is 5.92 Å². The molecule has 2 heteroatoms. The summed E-state index contributed by atoms with van der Waals surface area (Å²) >= 11 is 0. The minimum Gasteiger partial charge on any atom is -0.377 e. The van der Waals surface area contributed by atoms with Gasteiger partial charge in [-0.3, -0.25) is 0 Å². The van der Waals surface area contributed by atoms with E-state index in [4.69, 9.17) is 4.74 Å². The summed E-state index contributed by atoms with van der Waals surface area (Å²) in [7, 11) is 0. The van der Waals surface area contributed by atoms with E-state index in [2.05, 4.69) is 24.1 Å². The molecule has 2 atom stereocenters. The molecular weight excluding hydrogens is 138 g/mol. The molecule has 0 aromatic rings. The van der Waals surface area contributed by atoms with Crippen molar-refractivity contribution in [3.63, 3.8) is 0 Å². The lowest BCUT2D eigenvalue weighted by Gasteiger charge is -2.13. The fourth-order valence-electron chi connectivity index (χ4n) is 1.27. The Hall–Kier alpha value is -0.520. The van der Waals surface area contributed by atoms with Crippen molar-refractivity contribution in [1.29, 1.82) is 0 Å². The molecule has 0 aliphatic carbocycles. The van der Waals surface area contributed by atoms with Crippen LogP contribution < -0.4 is 5.32 Å². The minimum atomic E-state index is 0.355. The molecule has 1 heterocycles. The Morgan fingerprint density at radius 3 is 3.00 bits per heavy atom. The normalized spacial score (nSPS) is 29.6. The van der Waals surface area contributed by atoms with Gasteiger partial charge in [0.15, 0.2) is 0 Å². The molecule has 1 saturated heterocycles. The Morgan fingerprint density at radius 2 is 2.45 bits per heavy atom. The number of ether oxygens (including phenoxy) is 1. The Bertz CT molecular complexity index is 168. The van der Waals surface area contributed by atoms with Gasteiger partial charge in [0, 0.05) is 12.6 Å². The molecule has 0 aromatic carbocycles. The minimum absolute atomic E-state index is 0.355. The van der Waals surface area contributed by atoms with E-state index in [0.717, 1.165) is 19.6 Å². The Kier molecular flexibility index (Phi) is 3.41. The van der Waals surface area contributed by atoms with Crippen molar-refractivity contribution in [2.24, 2.45) is 0 Å². The van der Waals surface area contributed by atoms with Crippen molar-refractivity contribution in [2.75, 3.05) is 13.2 Å². The standard InChI is InChI=1S/C9H15NO/c1-3-4-6-10-9-5-7-11-8(9)2/h8-10H,5-7H2,1-2H3/t8-,9-/m1/s1. The van der Waals surface area contributed by atoms with Crippen molar-refractivity contribution < 1.29 is 4.74 Å². The van der Waals surface area contributed by atoms with Gasteiger partial charge in [0.25, 0.3) is 0 Å². The second-order valence-electron chi connectivity index (χ2n) is 2.78. The molecule has 2 nitrogen and oxygen atoms in total. The zero-order chi connectivity index (χ0) is 8.10. The monoisotopic (exact) mass is 153 g/mol. The molecule has 1 rings (SSSR count). The van der Waals surface area contributed by atoms with Gasteiger partial charge in [-0.15, -0.1) is 5.92 Å². The summed E-state index contributed by atoms with van der Waals surface area (Å²) in [6, 6.07) is 0.510. The maximum absolute atomic E-state index is 5.39. The van der Waals surface area contributed by atoms with Crippen LogP contribution >= 0.6 is 0 Å². The predicted molar refractivity (Wildman–Crippen MR) is 45.3 cm³/mol. The van der Waals surface area contributed by atoms with Gasteiger partial charge in [0.1, 0.15) is 0 Å². The third kappa shape index (κ3) is 2.53. The summed E-state index contributed by atoms with van der Waals surface area (Å²) in [5.74, 6) is 5.83. The maximum Gasteiger partial charge on any atom is 0.0701 e. The average molecular weight is 153 g/mol. The third-order valence-corrected chi connectivity index (χ3v) is 2.01. The van der Waals surface area contributed by atoms with Gasteiger partial charge in [-0.2, -0.15) is 0 Å². The van der Waals surface area contributed by atoms with E-state index in [9.17, 15) is 0 Å². The molecule has 0 aromatic heterocycles. The highest BCUT2D eigenvalue weighted by molar-refractivity contribution is 4.98. The van der Waals surface area contributed by atoms with Crippen molar-refractivity contribution in [3.8, 4) is 11.8 Å². The first-order valence-corrected chi connectivity index (χ1v) is 4.09. The highest BCUT2D eigenvalue weighted by Crippen LogP contribution is 2.11. The van der Waals surface area contributed by atoms with E-state index < -0.39 is 0 Å². The van der Waals surface area contributed by atoms with Gasteiger partial charge in [-0.05, 0) is 20.3 Å². The number of nitrogens with one attached hydrogen (secondary N) is 1. The van der Waals surface area contributed by atoms with Crippen LogP contribution in [0.15, 0.2) is 0 Å². The van der Waals surface area contributed by atoms with Crippen LogP contribution in [-0.2, 0) is 4.74 Å². The van der Waals surface area contributed by atoms with Crippen molar-refractivity contribution in [3.05, 3.63) is 0 Å². The van der Waals surface area contributed by atoms with Crippen molar-refractivity contribution in [2.45, 2.75) is 32.4 Å². The summed E-state index contributed by atoms with van der Waals surface area (Å²) in [6.45, 7) is 5.63. The smallest absolute Gasteiger partial charge is 0.0701 e. The summed E-state index contributed by atoms with van der Waals surface area (Å²) in [6.07, 6.45) is 1.47. The van der Waals surface area contributed by atoms with Crippen molar-refractivity contribution in [1.82, 2.24) is 5.32 Å². The molecule has 0 radical (unpaired) electrons. The van der Waals surface area contributed by atoms with E-state index in [0.29, 0.717) is 12.1 Å². The molecule has 0 amide bonds. The van der Waals surface area contributed by atoms with E-state index in [1.807, 2.05) is 6.92 Å². The molecule has 1 aliphatic rings. The molecule has 1 aliphatic heterocycles. The van der Waals surface area contributed by atoms with Crippen LogP contribution in [-0.4, -0.2) is 25.3 Å². The van der Waals surface area contributed by atoms with Crippen LogP contribution in [0.25, 0.3) is 0 Å². The summed E-state index contributed by atoms with van der Waals surface area (Å²) in [4.78, 5) is 0. The molecule has 11 heavy (non-hydrogen) atoms. The van der Waals surface area contributed by atoms with Crippen LogP contribution in [0.2, 0.25) is 0 Å². The molecule has 1 N–H and O–H groups in total. The van der Waals surface area contributed by atoms with Gasteiger partial charge < -0.3 is 10.1 Å². The van der Waals surface area contributed by atoms with Crippen LogP contribution in [0.3, 0.4) is 0 Å². The maximum atomic E-state index is 5.39. The highest BCUT2D eigenvalue weighted by Gasteiger charge is 2.22. The summed E-state index contributed by atoms with van der Waals surface area (Å²) < 4.78 is 5.39. The second-order valence-corrected chi connectivity index (χ2v) is 2.78. The Morgan fingerprint density at radius 1 is 1.64 bits per heavy atom. The van der Waals surface area contributed by atoms with Crippen LogP contribution in [0, 0.1) is 11.8 Å². The van der Waals surface area contributed by atoms with E-state index >= 15 is 0 Å². The van der Waals surface area contributed by atoms with E-state index in [-0.39, 0.29) is 0 Å². The van der Waals surface area contributed by atoms with E-state index in [1.54, 1.807) is 0 Å². The highest BCUT2D eigenvalue weighted by atomic mass is 16.5. The largest absolute Gasteiger partial charge is 0.377 e. The average Bonchev–Trinajstić information content (AvgIpc) is 2.37. The van der Waals surface area contributed by atoms with Gasteiger partial charge in [0.2, 0.25) is 0 Å². The number of hydrogen-bond acceptors (Lipinski definition) is 2. The van der Waals surface area contributed by atoms with Crippen molar-refractivity contribution >= 4 is 0 Å².